The minimum absolute atomic E-state index is 0.290. The molecule has 102 valence electrons. The average molecular weight is 267 g/mol. The second-order valence-electron chi connectivity index (χ2n) is 5.08. The van der Waals surface area contributed by atoms with E-state index in [2.05, 4.69) is 27.1 Å². The van der Waals surface area contributed by atoms with Crippen molar-refractivity contribution < 1.29 is 0 Å². The summed E-state index contributed by atoms with van der Waals surface area (Å²) in [4.78, 5) is 6.73. The van der Waals surface area contributed by atoms with Gasteiger partial charge in [-0.15, -0.1) is 0 Å². The van der Waals surface area contributed by atoms with Crippen LogP contribution in [0.25, 0.3) is 0 Å². The van der Waals surface area contributed by atoms with Crippen LogP contribution in [0.5, 0.6) is 0 Å². The second kappa shape index (κ2) is 5.33. The summed E-state index contributed by atoms with van der Waals surface area (Å²) < 4.78 is 1.93. The van der Waals surface area contributed by atoms with Crippen molar-refractivity contribution in [1.29, 1.82) is 5.26 Å². The molecule has 1 aliphatic rings. The lowest BCUT2D eigenvalue weighted by Crippen LogP contribution is -2.35. The number of aryl methyl sites for hydroxylation is 1. The highest BCUT2D eigenvalue weighted by atomic mass is 15.3. The normalized spacial score (nSPS) is 18.8. The monoisotopic (exact) mass is 267 g/mol. The van der Waals surface area contributed by atoms with Crippen molar-refractivity contribution in [3.05, 3.63) is 41.9 Å². The highest BCUT2D eigenvalue weighted by Gasteiger charge is 2.27. The Bertz CT molecular complexity index is 640. The Morgan fingerprint density at radius 2 is 2.20 bits per heavy atom. The number of hydrogen-bond acceptors (Lipinski definition) is 4. The van der Waals surface area contributed by atoms with Gasteiger partial charge in [0.05, 0.1) is 11.7 Å². The molecule has 0 radical (unpaired) electrons. The van der Waals surface area contributed by atoms with Crippen molar-refractivity contribution in [1.82, 2.24) is 14.8 Å². The summed E-state index contributed by atoms with van der Waals surface area (Å²) in [5.41, 5.74) is 1.67. The molecule has 20 heavy (non-hydrogen) atoms. The van der Waals surface area contributed by atoms with Crippen molar-refractivity contribution in [3.63, 3.8) is 0 Å². The maximum atomic E-state index is 9.01. The van der Waals surface area contributed by atoms with E-state index in [0.29, 0.717) is 5.69 Å². The van der Waals surface area contributed by atoms with E-state index in [4.69, 9.17) is 5.26 Å². The van der Waals surface area contributed by atoms with Gasteiger partial charge in [-0.25, -0.2) is 4.98 Å². The molecule has 1 atom stereocenters. The first-order valence-corrected chi connectivity index (χ1v) is 6.91. The Labute approximate surface area is 118 Å². The van der Waals surface area contributed by atoms with E-state index in [-0.39, 0.29) is 6.04 Å². The van der Waals surface area contributed by atoms with E-state index < -0.39 is 0 Å². The van der Waals surface area contributed by atoms with Gasteiger partial charge in [0, 0.05) is 19.8 Å². The topological polar surface area (TPSA) is 57.7 Å². The van der Waals surface area contributed by atoms with Crippen LogP contribution >= 0.6 is 0 Å². The molecule has 3 rings (SSSR count). The fraction of sp³-hybridized carbons (Fsp3) is 0.400. The number of aromatic nitrogens is 3. The molecule has 0 aliphatic carbocycles. The largest absolute Gasteiger partial charge is 0.348 e. The Balaban J connectivity index is 1.97. The van der Waals surface area contributed by atoms with Crippen LogP contribution in [0, 0.1) is 11.3 Å². The van der Waals surface area contributed by atoms with Crippen LogP contribution < -0.4 is 4.90 Å². The standard InChI is InChI=1S/C15H17N5/c1-19-13(8-9-17-19)14-6-2-3-10-20(14)15-7-4-5-12(11-16)18-15/h4-5,7-9,14H,2-3,6,10H2,1H3. The minimum Gasteiger partial charge on any atom is -0.348 e. The lowest BCUT2D eigenvalue weighted by atomic mass is 9.99. The van der Waals surface area contributed by atoms with Crippen LogP contribution in [0.2, 0.25) is 0 Å². The van der Waals surface area contributed by atoms with E-state index in [1.807, 2.05) is 30.1 Å². The van der Waals surface area contributed by atoms with Crippen LogP contribution in [-0.4, -0.2) is 21.3 Å². The Kier molecular flexibility index (Phi) is 3.38. The molecule has 0 amide bonds. The lowest BCUT2D eigenvalue weighted by molar-refractivity contribution is 0.447. The van der Waals surface area contributed by atoms with Gasteiger partial charge >= 0.3 is 0 Å². The summed E-state index contributed by atoms with van der Waals surface area (Å²) in [5, 5.41) is 13.3. The zero-order valence-corrected chi connectivity index (χ0v) is 11.5. The number of piperidine rings is 1. The predicted octanol–water partition coefficient (Wildman–Crippen LogP) is 2.42. The number of nitriles is 1. The van der Waals surface area contributed by atoms with Gasteiger partial charge in [-0.3, -0.25) is 4.68 Å². The number of rotatable bonds is 2. The fourth-order valence-electron chi connectivity index (χ4n) is 2.87. The number of hydrogen-bond donors (Lipinski definition) is 0. The van der Waals surface area contributed by atoms with Crippen molar-refractivity contribution in [2.75, 3.05) is 11.4 Å². The van der Waals surface area contributed by atoms with Crippen LogP contribution in [0.4, 0.5) is 5.82 Å². The highest BCUT2D eigenvalue weighted by Crippen LogP contribution is 2.33. The summed E-state index contributed by atoms with van der Waals surface area (Å²) in [6, 6.07) is 10.1. The Hall–Kier alpha value is -2.35. The average Bonchev–Trinajstić information content (AvgIpc) is 2.93. The third-order valence-corrected chi connectivity index (χ3v) is 3.85. The Morgan fingerprint density at radius 1 is 1.30 bits per heavy atom. The molecule has 1 unspecified atom stereocenters. The van der Waals surface area contributed by atoms with Gasteiger partial charge in [-0.2, -0.15) is 10.4 Å². The maximum absolute atomic E-state index is 9.01. The van der Waals surface area contributed by atoms with Crippen molar-refractivity contribution in [2.24, 2.45) is 7.05 Å². The highest BCUT2D eigenvalue weighted by molar-refractivity contribution is 5.44. The fourth-order valence-corrected chi connectivity index (χ4v) is 2.87. The van der Waals surface area contributed by atoms with Gasteiger partial charge in [-0.05, 0) is 37.5 Å². The minimum atomic E-state index is 0.290. The SMILES string of the molecule is Cn1nccc1C1CCCCN1c1cccc(C#N)n1. The number of nitrogens with zero attached hydrogens (tertiary/aromatic N) is 5. The van der Waals surface area contributed by atoms with E-state index in [1.54, 1.807) is 6.07 Å². The lowest BCUT2D eigenvalue weighted by Gasteiger charge is -2.36. The zero-order chi connectivity index (χ0) is 13.9. The van der Waals surface area contributed by atoms with Gasteiger partial charge in [0.1, 0.15) is 17.6 Å². The van der Waals surface area contributed by atoms with Crippen molar-refractivity contribution >= 4 is 5.82 Å². The van der Waals surface area contributed by atoms with Gasteiger partial charge < -0.3 is 4.90 Å². The molecular weight excluding hydrogens is 250 g/mol. The van der Waals surface area contributed by atoms with Crippen molar-refractivity contribution in [3.8, 4) is 6.07 Å². The first-order chi connectivity index (χ1) is 9.79. The maximum Gasteiger partial charge on any atom is 0.142 e. The van der Waals surface area contributed by atoms with Crippen LogP contribution in [0.15, 0.2) is 30.5 Å². The molecule has 0 saturated carbocycles. The molecule has 5 nitrogen and oxygen atoms in total. The third kappa shape index (κ3) is 2.25. The molecular formula is C15H17N5. The molecule has 2 aromatic rings. The second-order valence-corrected chi connectivity index (χ2v) is 5.08. The molecule has 1 aliphatic heterocycles. The number of pyridine rings is 1. The number of anilines is 1. The van der Waals surface area contributed by atoms with Gasteiger partial charge in [0.2, 0.25) is 0 Å². The molecule has 5 heteroatoms. The molecule has 3 heterocycles. The van der Waals surface area contributed by atoms with Crippen LogP contribution in [0.1, 0.15) is 36.7 Å². The predicted molar refractivity (Wildman–Crippen MR) is 76.1 cm³/mol. The van der Waals surface area contributed by atoms with Crippen molar-refractivity contribution in [2.45, 2.75) is 25.3 Å². The summed E-state index contributed by atoms with van der Waals surface area (Å²) in [7, 11) is 1.97. The molecule has 0 spiro atoms. The molecule has 1 saturated heterocycles. The first kappa shape index (κ1) is 12.7. The van der Waals surface area contributed by atoms with Gasteiger partial charge in [0.25, 0.3) is 0 Å². The summed E-state index contributed by atoms with van der Waals surface area (Å²) >= 11 is 0. The molecule has 0 N–H and O–H groups in total. The quantitative estimate of drug-likeness (QED) is 0.838. The van der Waals surface area contributed by atoms with Gasteiger partial charge in [-0.1, -0.05) is 6.07 Å². The molecule has 0 aromatic carbocycles. The molecule has 2 aromatic heterocycles. The van der Waals surface area contributed by atoms with Crippen LogP contribution in [0.3, 0.4) is 0 Å². The molecule has 0 bridgehead atoms. The third-order valence-electron chi connectivity index (χ3n) is 3.85. The molecule has 1 fully saturated rings. The first-order valence-electron chi connectivity index (χ1n) is 6.91. The van der Waals surface area contributed by atoms with E-state index >= 15 is 0 Å². The van der Waals surface area contributed by atoms with E-state index in [0.717, 1.165) is 25.2 Å². The Morgan fingerprint density at radius 3 is 2.95 bits per heavy atom. The summed E-state index contributed by atoms with van der Waals surface area (Å²) in [6.07, 6.45) is 5.30. The van der Waals surface area contributed by atoms with Crippen LogP contribution in [-0.2, 0) is 7.05 Å². The van der Waals surface area contributed by atoms with E-state index in [9.17, 15) is 0 Å². The van der Waals surface area contributed by atoms with Gasteiger partial charge in [0.15, 0.2) is 0 Å². The smallest absolute Gasteiger partial charge is 0.142 e. The van der Waals surface area contributed by atoms with E-state index in [1.165, 1.54) is 12.1 Å². The summed E-state index contributed by atoms with van der Waals surface area (Å²) in [5.74, 6) is 0.884. The zero-order valence-electron chi connectivity index (χ0n) is 11.5. The summed E-state index contributed by atoms with van der Waals surface area (Å²) in [6.45, 7) is 0.970.